The van der Waals surface area contributed by atoms with Gasteiger partial charge in [-0.15, -0.1) is 16.8 Å². The Hall–Kier alpha value is -3.50. The lowest BCUT2D eigenvalue weighted by atomic mass is 10.1. The Kier molecular flexibility index (Phi) is 9.77. The highest BCUT2D eigenvalue weighted by atomic mass is 35.5. The molecule has 0 saturated carbocycles. The number of thioether (sulfide) groups is 1. The van der Waals surface area contributed by atoms with Crippen LogP contribution in [-0.2, 0) is 22.6 Å². The lowest BCUT2D eigenvalue weighted by Crippen LogP contribution is -2.30. The number of carbonyl (C=O) groups excluding carboxylic acids is 2. The Labute approximate surface area is 219 Å². The Bertz CT molecular complexity index is 1220. The van der Waals surface area contributed by atoms with Gasteiger partial charge in [0.05, 0.1) is 38.1 Å². The number of carbonyl (C=O) groups is 2. The summed E-state index contributed by atoms with van der Waals surface area (Å²) in [5.74, 6) is 1.49. The molecule has 2 amide bonds. The highest BCUT2D eigenvalue weighted by Crippen LogP contribution is 2.28. The fraction of sp³-hybridized carbons (Fsp3) is 0.280. The minimum absolute atomic E-state index is 0.0865. The molecule has 1 aromatic heterocycles. The Morgan fingerprint density at radius 1 is 1.14 bits per heavy atom. The summed E-state index contributed by atoms with van der Waals surface area (Å²) >= 11 is 7.26. The van der Waals surface area contributed by atoms with Crippen LogP contribution in [0, 0.1) is 0 Å². The second-order valence-corrected chi connectivity index (χ2v) is 9.11. The number of nitrogens with zero attached hydrogens (tertiary/aromatic N) is 3. The van der Waals surface area contributed by atoms with Crippen molar-refractivity contribution in [2.24, 2.45) is 0 Å². The largest absolute Gasteiger partial charge is 0.497 e. The third-order valence-corrected chi connectivity index (χ3v) is 6.32. The third kappa shape index (κ3) is 7.25. The van der Waals surface area contributed by atoms with Crippen molar-refractivity contribution in [3.63, 3.8) is 0 Å². The predicted molar refractivity (Wildman–Crippen MR) is 141 cm³/mol. The number of rotatable bonds is 12. The number of ether oxygens (including phenoxy) is 2. The number of aromatic nitrogens is 3. The number of amides is 2. The van der Waals surface area contributed by atoms with Crippen LogP contribution in [-0.4, -0.2) is 46.6 Å². The van der Waals surface area contributed by atoms with E-state index >= 15 is 0 Å². The maximum absolute atomic E-state index is 12.6. The van der Waals surface area contributed by atoms with Gasteiger partial charge in [-0.25, -0.2) is 0 Å². The van der Waals surface area contributed by atoms with E-state index in [0.29, 0.717) is 34.0 Å². The van der Waals surface area contributed by atoms with Gasteiger partial charge in [-0.1, -0.05) is 41.6 Å². The number of allylic oxidation sites excluding steroid dienone is 1. The fourth-order valence-corrected chi connectivity index (χ4v) is 4.33. The van der Waals surface area contributed by atoms with E-state index in [2.05, 4.69) is 27.4 Å². The standard InChI is InChI=1S/C25H28ClN5O4S/c1-5-12-31-24(16(2)27-22(32)13-17-6-9-19(34-3)10-7-17)29-30-25(31)36-15-23(33)28-20-14-18(26)8-11-21(20)35-4/h5-11,14,16H,1,12-13,15H2,2-4H3,(H,27,32)(H,28,33)/t16-/m1/s1. The van der Waals surface area contributed by atoms with Crippen LogP contribution in [0.15, 0.2) is 60.3 Å². The van der Waals surface area contributed by atoms with Crippen molar-refractivity contribution < 1.29 is 19.1 Å². The first-order valence-electron chi connectivity index (χ1n) is 11.1. The summed E-state index contributed by atoms with van der Waals surface area (Å²) in [7, 11) is 3.11. The molecule has 0 aliphatic rings. The minimum atomic E-state index is -0.401. The number of hydrogen-bond donors (Lipinski definition) is 2. The molecule has 0 aliphatic heterocycles. The number of benzene rings is 2. The number of halogens is 1. The molecule has 0 saturated heterocycles. The van der Waals surface area contributed by atoms with Gasteiger partial charge >= 0.3 is 0 Å². The molecular formula is C25H28ClN5O4S. The Balaban J connectivity index is 1.62. The van der Waals surface area contributed by atoms with Gasteiger partial charge < -0.3 is 24.7 Å². The van der Waals surface area contributed by atoms with Crippen LogP contribution in [0.3, 0.4) is 0 Å². The van der Waals surface area contributed by atoms with E-state index in [1.54, 1.807) is 31.4 Å². The zero-order chi connectivity index (χ0) is 26.1. The molecule has 9 nitrogen and oxygen atoms in total. The smallest absolute Gasteiger partial charge is 0.234 e. The van der Waals surface area contributed by atoms with Gasteiger partial charge in [-0.05, 0) is 42.8 Å². The molecule has 0 radical (unpaired) electrons. The summed E-state index contributed by atoms with van der Waals surface area (Å²) in [6.07, 6.45) is 1.93. The van der Waals surface area contributed by atoms with Crippen LogP contribution in [0.25, 0.3) is 0 Å². The first-order chi connectivity index (χ1) is 17.3. The van der Waals surface area contributed by atoms with Crippen LogP contribution in [0.5, 0.6) is 11.5 Å². The predicted octanol–water partition coefficient (Wildman–Crippen LogP) is 4.29. The molecule has 0 unspecified atom stereocenters. The average Bonchev–Trinajstić information content (AvgIpc) is 3.26. The molecule has 2 aromatic carbocycles. The van der Waals surface area contributed by atoms with Gasteiger partial charge in [0.15, 0.2) is 11.0 Å². The molecule has 2 N–H and O–H groups in total. The van der Waals surface area contributed by atoms with Gasteiger partial charge in [0, 0.05) is 11.6 Å². The summed E-state index contributed by atoms with van der Waals surface area (Å²) in [4.78, 5) is 25.2. The van der Waals surface area contributed by atoms with Crippen molar-refractivity contribution in [3.8, 4) is 11.5 Å². The third-order valence-electron chi connectivity index (χ3n) is 5.11. The zero-order valence-corrected chi connectivity index (χ0v) is 21.9. The zero-order valence-electron chi connectivity index (χ0n) is 20.3. The van der Waals surface area contributed by atoms with Crippen molar-refractivity contribution in [2.75, 3.05) is 25.3 Å². The number of anilines is 1. The maximum Gasteiger partial charge on any atom is 0.234 e. The van der Waals surface area contributed by atoms with Crippen molar-refractivity contribution in [1.29, 1.82) is 0 Å². The quantitative estimate of drug-likeness (QED) is 0.266. The van der Waals surface area contributed by atoms with Crippen LogP contribution < -0.4 is 20.1 Å². The molecule has 36 heavy (non-hydrogen) atoms. The summed E-state index contributed by atoms with van der Waals surface area (Å²) in [6.45, 7) is 6.06. The van der Waals surface area contributed by atoms with Crippen molar-refractivity contribution >= 4 is 40.9 Å². The molecule has 0 aliphatic carbocycles. The summed E-state index contributed by atoms with van der Waals surface area (Å²) in [5, 5.41) is 15.3. The highest BCUT2D eigenvalue weighted by molar-refractivity contribution is 7.99. The van der Waals surface area contributed by atoms with Gasteiger partial charge in [0.1, 0.15) is 11.5 Å². The number of nitrogens with one attached hydrogen (secondary N) is 2. The molecule has 0 spiro atoms. The molecule has 11 heteroatoms. The van der Waals surface area contributed by atoms with Crippen LogP contribution in [0.1, 0.15) is 24.4 Å². The monoisotopic (exact) mass is 529 g/mol. The maximum atomic E-state index is 12.6. The topological polar surface area (TPSA) is 107 Å². The second-order valence-electron chi connectivity index (χ2n) is 7.74. The average molecular weight is 530 g/mol. The summed E-state index contributed by atoms with van der Waals surface area (Å²) < 4.78 is 12.2. The minimum Gasteiger partial charge on any atom is -0.497 e. The van der Waals surface area contributed by atoms with Crippen molar-refractivity contribution in [3.05, 3.63) is 71.5 Å². The van der Waals surface area contributed by atoms with Crippen LogP contribution in [0.2, 0.25) is 5.02 Å². The normalized spacial score (nSPS) is 11.4. The van der Waals surface area contributed by atoms with Crippen molar-refractivity contribution in [1.82, 2.24) is 20.1 Å². The first-order valence-corrected chi connectivity index (χ1v) is 12.4. The SMILES string of the molecule is C=CCn1c(SCC(=O)Nc2cc(Cl)ccc2OC)nnc1[C@@H](C)NC(=O)Cc1ccc(OC)cc1. The lowest BCUT2D eigenvalue weighted by molar-refractivity contribution is -0.121. The number of hydrogen-bond acceptors (Lipinski definition) is 7. The molecule has 0 bridgehead atoms. The highest BCUT2D eigenvalue weighted by Gasteiger charge is 2.20. The van der Waals surface area contributed by atoms with E-state index in [-0.39, 0.29) is 24.0 Å². The molecule has 0 fully saturated rings. The Morgan fingerprint density at radius 3 is 2.56 bits per heavy atom. The molecule has 3 aromatic rings. The number of methoxy groups -OCH3 is 2. The van der Waals surface area contributed by atoms with E-state index in [0.717, 1.165) is 11.3 Å². The molecule has 1 atom stereocenters. The lowest BCUT2D eigenvalue weighted by Gasteiger charge is -2.15. The van der Waals surface area contributed by atoms with E-state index in [4.69, 9.17) is 21.1 Å². The van der Waals surface area contributed by atoms with E-state index in [1.807, 2.05) is 35.8 Å². The van der Waals surface area contributed by atoms with E-state index < -0.39 is 6.04 Å². The van der Waals surface area contributed by atoms with E-state index in [1.165, 1.54) is 18.9 Å². The molecule has 190 valence electrons. The first kappa shape index (κ1) is 27.1. The molecule has 3 rings (SSSR count). The van der Waals surface area contributed by atoms with Gasteiger partial charge in [0.2, 0.25) is 11.8 Å². The molecular weight excluding hydrogens is 502 g/mol. The van der Waals surface area contributed by atoms with Crippen LogP contribution in [0.4, 0.5) is 5.69 Å². The van der Waals surface area contributed by atoms with Gasteiger partial charge in [-0.3, -0.25) is 9.59 Å². The van der Waals surface area contributed by atoms with Crippen LogP contribution >= 0.6 is 23.4 Å². The van der Waals surface area contributed by atoms with Crippen molar-refractivity contribution in [2.45, 2.75) is 31.1 Å². The second kappa shape index (κ2) is 13.0. The van der Waals surface area contributed by atoms with Gasteiger partial charge in [0.25, 0.3) is 0 Å². The fourth-order valence-electron chi connectivity index (χ4n) is 3.41. The summed E-state index contributed by atoms with van der Waals surface area (Å²) in [5.41, 5.74) is 1.35. The van der Waals surface area contributed by atoms with E-state index in [9.17, 15) is 9.59 Å². The summed E-state index contributed by atoms with van der Waals surface area (Å²) in [6, 6.07) is 11.9. The Morgan fingerprint density at radius 2 is 1.89 bits per heavy atom. The van der Waals surface area contributed by atoms with Gasteiger partial charge in [-0.2, -0.15) is 0 Å². The molecule has 1 heterocycles.